The molecule has 7 heteroatoms. The van der Waals surface area contributed by atoms with Crippen molar-refractivity contribution in [3.63, 3.8) is 0 Å². The smallest absolute Gasteiger partial charge is 0.407 e. The first-order chi connectivity index (χ1) is 15.1. The van der Waals surface area contributed by atoms with Gasteiger partial charge in [-0.15, -0.1) is 0 Å². The van der Waals surface area contributed by atoms with E-state index in [-0.39, 0.29) is 30.4 Å². The lowest BCUT2D eigenvalue weighted by Gasteiger charge is -2.43. The summed E-state index contributed by atoms with van der Waals surface area (Å²) in [7, 11) is 3.26. The van der Waals surface area contributed by atoms with Crippen molar-refractivity contribution in [2.75, 3.05) is 11.9 Å². The third-order valence-corrected chi connectivity index (χ3v) is 6.33. The number of amides is 2. The second kappa shape index (κ2) is 11.3. The average Bonchev–Trinajstić information content (AvgIpc) is 2.76. The van der Waals surface area contributed by atoms with E-state index in [1.807, 2.05) is 54.6 Å². The van der Waals surface area contributed by atoms with Crippen molar-refractivity contribution in [2.24, 2.45) is 5.41 Å². The fourth-order valence-electron chi connectivity index (χ4n) is 3.36. The molecule has 0 fully saturated rings. The van der Waals surface area contributed by atoms with Crippen LogP contribution in [0.15, 0.2) is 54.6 Å². The van der Waals surface area contributed by atoms with Gasteiger partial charge in [0.2, 0.25) is 16.4 Å². The van der Waals surface area contributed by atoms with E-state index in [4.69, 9.17) is 9.16 Å². The number of hydrogen-bond acceptors (Lipinski definition) is 4. The van der Waals surface area contributed by atoms with Crippen LogP contribution in [0.3, 0.4) is 0 Å². The number of alkyl carbamates (subject to hydrolysis) is 1. The number of carbonyl (C=O) groups is 2. The van der Waals surface area contributed by atoms with Gasteiger partial charge in [-0.3, -0.25) is 4.79 Å². The Morgan fingerprint density at radius 1 is 1.00 bits per heavy atom. The SMILES string of the molecule is CC(CC(C)(O[Si])C(C)(C)C)c1ccccc1NC(=O)CNC(=O)OCc1ccccc1. The monoisotopic (exact) mass is 453 g/mol. The molecule has 0 saturated carbocycles. The minimum Gasteiger partial charge on any atom is -0.445 e. The molecule has 6 nitrogen and oxygen atoms in total. The largest absolute Gasteiger partial charge is 0.445 e. The maximum Gasteiger partial charge on any atom is 0.407 e. The van der Waals surface area contributed by atoms with Crippen molar-refractivity contribution in [3.05, 3.63) is 65.7 Å². The molecule has 0 saturated heterocycles. The zero-order valence-electron chi connectivity index (χ0n) is 19.5. The quantitative estimate of drug-likeness (QED) is 0.527. The fraction of sp³-hybridized carbons (Fsp3) is 0.440. The number of carbonyl (C=O) groups excluding carboxylic acids is 2. The van der Waals surface area contributed by atoms with Gasteiger partial charge in [0.1, 0.15) is 13.2 Å². The molecule has 0 heterocycles. The van der Waals surface area contributed by atoms with E-state index >= 15 is 0 Å². The van der Waals surface area contributed by atoms with Gasteiger partial charge in [0.05, 0.1) is 5.60 Å². The van der Waals surface area contributed by atoms with Crippen molar-refractivity contribution in [3.8, 4) is 0 Å². The highest BCUT2D eigenvalue weighted by Crippen LogP contribution is 2.41. The molecule has 0 aliphatic rings. The van der Waals surface area contributed by atoms with Crippen LogP contribution in [0.25, 0.3) is 0 Å². The Morgan fingerprint density at radius 2 is 1.62 bits per heavy atom. The van der Waals surface area contributed by atoms with Crippen LogP contribution in [0.1, 0.15) is 58.1 Å². The van der Waals surface area contributed by atoms with Crippen molar-refractivity contribution in [1.29, 1.82) is 0 Å². The van der Waals surface area contributed by atoms with Crippen molar-refractivity contribution in [2.45, 2.75) is 59.2 Å². The third-order valence-electron chi connectivity index (χ3n) is 5.88. The Bertz CT molecular complexity index is 898. The molecule has 0 bridgehead atoms. The Hall–Kier alpha value is -2.64. The maximum atomic E-state index is 12.5. The summed E-state index contributed by atoms with van der Waals surface area (Å²) in [6.07, 6.45) is 0.109. The first kappa shape index (κ1) is 25.6. The second-order valence-electron chi connectivity index (χ2n) is 9.24. The zero-order chi connectivity index (χ0) is 23.8. The first-order valence-corrected chi connectivity index (χ1v) is 11.1. The number of para-hydroxylation sites is 1. The zero-order valence-corrected chi connectivity index (χ0v) is 20.5. The standard InChI is InChI=1S/C25H33N2O4Si/c1-18(15-25(5,31-32)24(2,3)4)20-13-9-10-14-21(20)27-22(28)16-26-23(29)30-17-19-11-7-6-8-12-19/h6-14,18H,15-17H2,1-5H3,(H,26,29)(H,27,28). The summed E-state index contributed by atoms with van der Waals surface area (Å²) >= 11 is 0. The molecule has 2 atom stereocenters. The summed E-state index contributed by atoms with van der Waals surface area (Å²) in [5.41, 5.74) is 2.10. The van der Waals surface area contributed by atoms with Gasteiger partial charge in [-0.1, -0.05) is 76.2 Å². The van der Waals surface area contributed by atoms with Gasteiger partial charge in [0, 0.05) is 5.69 Å². The van der Waals surface area contributed by atoms with Gasteiger partial charge < -0.3 is 19.8 Å². The van der Waals surface area contributed by atoms with E-state index in [1.54, 1.807) is 0 Å². The van der Waals surface area contributed by atoms with Crippen LogP contribution in [0.4, 0.5) is 10.5 Å². The van der Waals surface area contributed by atoms with Crippen LogP contribution in [0.2, 0.25) is 0 Å². The minimum absolute atomic E-state index is 0.0920. The molecule has 3 radical (unpaired) electrons. The van der Waals surface area contributed by atoms with Gasteiger partial charge in [-0.05, 0) is 41.9 Å². The van der Waals surface area contributed by atoms with Crippen molar-refractivity contribution in [1.82, 2.24) is 5.32 Å². The number of nitrogens with one attached hydrogen (secondary N) is 2. The van der Waals surface area contributed by atoms with E-state index in [2.05, 4.69) is 55.7 Å². The van der Waals surface area contributed by atoms with E-state index in [9.17, 15) is 9.59 Å². The van der Waals surface area contributed by atoms with Gasteiger partial charge in [0.15, 0.2) is 0 Å². The lowest BCUT2D eigenvalue weighted by atomic mass is 9.72. The van der Waals surface area contributed by atoms with Crippen LogP contribution in [0.5, 0.6) is 0 Å². The van der Waals surface area contributed by atoms with Crippen LogP contribution in [-0.2, 0) is 20.6 Å². The van der Waals surface area contributed by atoms with E-state index < -0.39 is 11.7 Å². The van der Waals surface area contributed by atoms with Crippen LogP contribution < -0.4 is 10.6 Å². The molecule has 2 rings (SSSR count). The molecule has 0 aromatic heterocycles. The normalized spacial score (nSPS) is 14.2. The highest BCUT2D eigenvalue weighted by atomic mass is 28.2. The molecule has 2 aromatic carbocycles. The Morgan fingerprint density at radius 3 is 2.25 bits per heavy atom. The number of benzene rings is 2. The summed E-state index contributed by atoms with van der Waals surface area (Å²) in [6, 6.07) is 17.0. The molecule has 2 aromatic rings. The maximum absolute atomic E-state index is 12.5. The van der Waals surface area contributed by atoms with Crippen LogP contribution in [0, 0.1) is 5.41 Å². The van der Waals surface area contributed by atoms with E-state index in [0.29, 0.717) is 0 Å². The van der Waals surface area contributed by atoms with Crippen LogP contribution in [-0.4, -0.2) is 34.6 Å². The summed E-state index contributed by atoms with van der Waals surface area (Å²) in [5.74, 6) is -0.202. The van der Waals surface area contributed by atoms with Crippen molar-refractivity contribution < 1.29 is 18.8 Å². The molecular formula is C25H33N2O4Si. The van der Waals surface area contributed by atoms with Gasteiger partial charge >= 0.3 is 6.09 Å². The topological polar surface area (TPSA) is 76.7 Å². The minimum atomic E-state index is -0.638. The van der Waals surface area contributed by atoms with Crippen molar-refractivity contribution >= 4 is 28.2 Å². The van der Waals surface area contributed by atoms with Crippen LogP contribution >= 0.6 is 0 Å². The van der Waals surface area contributed by atoms with E-state index in [0.717, 1.165) is 23.2 Å². The number of anilines is 1. The predicted octanol–water partition coefficient (Wildman–Crippen LogP) is 4.95. The Balaban J connectivity index is 1.94. The average molecular weight is 454 g/mol. The first-order valence-electron chi connectivity index (χ1n) is 10.7. The second-order valence-corrected chi connectivity index (χ2v) is 9.44. The molecular weight excluding hydrogens is 420 g/mol. The molecule has 2 unspecified atom stereocenters. The molecule has 2 amide bonds. The Labute approximate surface area is 194 Å². The molecule has 0 aliphatic heterocycles. The summed E-state index contributed by atoms with van der Waals surface area (Å²) in [4.78, 5) is 24.4. The third kappa shape index (κ3) is 7.21. The summed E-state index contributed by atoms with van der Waals surface area (Å²) < 4.78 is 10.8. The fourth-order valence-corrected chi connectivity index (χ4v) is 3.75. The lowest BCUT2D eigenvalue weighted by Crippen LogP contribution is -2.43. The molecule has 32 heavy (non-hydrogen) atoms. The highest BCUT2D eigenvalue weighted by molar-refractivity contribution is 5.98. The Kier molecular flexibility index (Phi) is 9.04. The van der Waals surface area contributed by atoms with E-state index in [1.165, 1.54) is 0 Å². The molecule has 0 aliphatic carbocycles. The number of hydrogen-bond donors (Lipinski definition) is 2. The highest BCUT2D eigenvalue weighted by Gasteiger charge is 2.38. The lowest BCUT2D eigenvalue weighted by molar-refractivity contribution is -0.115. The molecule has 171 valence electrons. The molecule has 2 N–H and O–H groups in total. The summed E-state index contributed by atoms with van der Waals surface area (Å²) in [6.45, 7) is 10.6. The van der Waals surface area contributed by atoms with Gasteiger partial charge in [0.25, 0.3) is 0 Å². The van der Waals surface area contributed by atoms with Gasteiger partial charge in [-0.2, -0.15) is 0 Å². The number of rotatable bonds is 9. The number of ether oxygens (including phenoxy) is 1. The molecule has 0 spiro atoms. The summed E-state index contributed by atoms with van der Waals surface area (Å²) in [5, 5.41) is 5.39. The predicted molar refractivity (Wildman–Crippen MR) is 127 cm³/mol. The van der Waals surface area contributed by atoms with Gasteiger partial charge in [-0.25, -0.2) is 4.79 Å².